The van der Waals surface area contributed by atoms with Crippen molar-refractivity contribution in [2.75, 3.05) is 13.6 Å². The topological polar surface area (TPSA) is 29.3 Å². The molecule has 3 atom stereocenters. The lowest BCUT2D eigenvalue weighted by atomic mass is 9.72. The van der Waals surface area contributed by atoms with Gasteiger partial charge in [0.25, 0.3) is 0 Å². The lowest BCUT2D eigenvalue weighted by Gasteiger charge is -2.51. The van der Waals surface area contributed by atoms with Gasteiger partial charge in [-0.2, -0.15) is 0 Å². The van der Waals surface area contributed by atoms with Gasteiger partial charge in [0.2, 0.25) is 0 Å². The number of hydrogen-bond acceptors (Lipinski definition) is 2. The van der Waals surface area contributed by atoms with Gasteiger partial charge >= 0.3 is 0 Å². The van der Waals surface area contributed by atoms with Crippen LogP contribution in [0.4, 0.5) is 0 Å². The fourth-order valence-corrected chi connectivity index (χ4v) is 3.84. The maximum absolute atomic E-state index is 6.21. The van der Waals surface area contributed by atoms with E-state index in [1.807, 2.05) is 12.1 Å². The average Bonchev–Trinajstić information content (AvgIpc) is 2.47. The van der Waals surface area contributed by atoms with E-state index >= 15 is 0 Å². The van der Waals surface area contributed by atoms with Crippen LogP contribution < -0.4 is 5.73 Å². The molecular formula is C17H27ClN2. The van der Waals surface area contributed by atoms with Gasteiger partial charge in [-0.05, 0) is 50.4 Å². The maximum Gasteiger partial charge on any atom is 0.0406 e. The third kappa shape index (κ3) is 2.88. The molecule has 2 nitrogen and oxygen atoms in total. The standard InChI is InChI=1S/C17H27ClN2/c1-13-6-4-5-11-17(13,12-19)20(3)14(2)15-7-9-16(18)10-8-15/h7-10,13-14H,4-6,11-12,19H2,1-3H3. The number of halogens is 1. The Balaban J connectivity index is 2.23. The van der Waals surface area contributed by atoms with Gasteiger partial charge in [0.05, 0.1) is 0 Å². The highest BCUT2D eigenvalue weighted by Crippen LogP contribution is 2.40. The van der Waals surface area contributed by atoms with Crippen LogP contribution in [-0.4, -0.2) is 24.0 Å². The summed E-state index contributed by atoms with van der Waals surface area (Å²) in [6.07, 6.45) is 5.12. The number of hydrogen-bond donors (Lipinski definition) is 1. The highest BCUT2D eigenvalue weighted by Gasteiger charge is 2.42. The minimum Gasteiger partial charge on any atom is -0.329 e. The Kier molecular flexibility index (Phi) is 5.11. The van der Waals surface area contributed by atoms with Crippen LogP contribution in [0, 0.1) is 5.92 Å². The van der Waals surface area contributed by atoms with E-state index < -0.39 is 0 Å². The molecule has 0 heterocycles. The van der Waals surface area contributed by atoms with Crippen LogP contribution in [0.3, 0.4) is 0 Å². The van der Waals surface area contributed by atoms with Crippen molar-refractivity contribution >= 4 is 11.6 Å². The van der Waals surface area contributed by atoms with E-state index in [9.17, 15) is 0 Å². The van der Waals surface area contributed by atoms with E-state index in [0.717, 1.165) is 11.6 Å². The maximum atomic E-state index is 6.21. The second kappa shape index (κ2) is 6.46. The van der Waals surface area contributed by atoms with E-state index in [-0.39, 0.29) is 5.54 Å². The predicted octanol–water partition coefficient (Wildman–Crippen LogP) is 4.24. The molecule has 0 radical (unpaired) electrons. The first-order valence-electron chi connectivity index (χ1n) is 7.70. The lowest BCUT2D eigenvalue weighted by Crippen LogP contribution is -2.58. The Bertz CT molecular complexity index is 431. The van der Waals surface area contributed by atoms with Gasteiger partial charge < -0.3 is 5.73 Å². The monoisotopic (exact) mass is 294 g/mol. The molecule has 0 saturated heterocycles. The van der Waals surface area contributed by atoms with Gasteiger partial charge in [0.15, 0.2) is 0 Å². The molecule has 2 rings (SSSR count). The minimum absolute atomic E-state index is 0.136. The normalized spacial score (nSPS) is 28.6. The fourth-order valence-electron chi connectivity index (χ4n) is 3.72. The zero-order valence-electron chi connectivity index (χ0n) is 12.9. The Morgan fingerprint density at radius 2 is 2.00 bits per heavy atom. The van der Waals surface area contributed by atoms with Crippen LogP contribution in [0.15, 0.2) is 24.3 Å². The van der Waals surface area contributed by atoms with Crippen LogP contribution in [0.25, 0.3) is 0 Å². The fraction of sp³-hybridized carbons (Fsp3) is 0.647. The van der Waals surface area contributed by atoms with Crippen LogP contribution in [0.1, 0.15) is 51.1 Å². The summed E-state index contributed by atoms with van der Waals surface area (Å²) in [7, 11) is 2.23. The summed E-state index contributed by atoms with van der Waals surface area (Å²) < 4.78 is 0. The predicted molar refractivity (Wildman–Crippen MR) is 87.0 cm³/mol. The molecule has 20 heavy (non-hydrogen) atoms. The summed E-state index contributed by atoms with van der Waals surface area (Å²) in [5.74, 6) is 0.654. The van der Waals surface area contributed by atoms with Crippen LogP contribution >= 0.6 is 11.6 Å². The Labute approximate surface area is 128 Å². The minimum atomic E-state index is 0.136. The number of likely N-dealkylation sites (N-methyl/N-ethyl adjacent to an activating group) is 1. The molecule has 2 N–H and O–H groups in total. The number of rotatable bonds is 4. The first-order valence-corrected chi connectivity index (χ1v) is 8.07. The quantitative estimate of drug-likeness (QED) is 0.900. The molecular weight excluding hydrogens is 268 g/mol. The van der Waals surface area contributed by atoms with E-state index in [2.05, 4.69) is 37.9 Å². The summed E-state index contributed by atoms with van der Waals surface area (Å²) >= 11 is 5.99. The van der Waals surface area contributed by atoms with Gasteiger partial charge in [0.1, 0.15) is 0 Å². The summed E-state index contributed by atoms with van der Waals surface area (Å²) in [5, 5.41) is 0.795. The van der Waals surface area contributed by atoms with Crippen molar-refractivity contribution in [2.45, 2.75) is 51.1 Å². The van der Waals surface area contributed by atoms with Crippen molar-refractivity contribution in [3.63, 3.8) is 0 Å². The van der Waals surface area contributed by atoms with Crippen LogP contribution in [0.2, 0.25) is 5.02 Å². The van der Waals surface area contributed by atoms with E-state index in [1.165, 1.54) is 31.2 Å². The smallest absolute Gasteiger partial charge is 0.0406 e. The van der Waals surface area contributed by atoms with Crippen molar-refractivity contribution in [3.8, 4) is 0 Å². The van der Waals surface area contributed by atoms with Crippen molar-refractivity contribution in [1.82, 2.24) is 4.90 Å². The summed E-state index contributed by atoms with van der Waals surface area (Å²) in [4.78, 5) is 2.50. The number of benzene rings is 1. The molecule has 1 aromatic rings. The number of nitrogens with two attached hydrogens (primary N) is 1. The largest absolute Gasteiger partial charge is 0.329 e. The summed E-state index contributed by atoms with van der Waals surface area (Å²) in [5.41, 5.74) is 7.65. The molecule has 3 heteroatoms. The van der Waals surface area contributed by atoms with Crippen molar-refractivity contribution in [1.29, 1.82) is 0 Å². The zero-order valence-corrected chi connectivity index (χ0v) is 13.7. The van der Waals surface area contributed by atoms with Crippen molar-refractivity contribution in [2.24, 2.45) is 11.7 Å². The third-order valence-corrected chi connectivity index (χ3v) is 5.66. The van der Waals surface area contributed by atoms with Crippen molar-refractivity contribution in [3.05, 3.63) is 34.9 Å². The molecule has 1 aliphatic rings. The average molecular weight is 295 g/mol. The first-order chi connectivity index (χ1) is 9.51. The van der Waals surface area contributed by atoms with Gasteiger partial charge in [-0.3, -0.25) is 4.90 Å². The molecule has 112 valence electrons. The van der Waals surface area contributed by atoms with E-state index in [0.29, 0.717) is 12.0 Å². The van der Waals surface area contributed by atoms with Crippen LogP contribution in [0.5, 0.6) is 0 Å². The van der Waals surface area contributed by atoms with Gasteiger partial charge in [0, 0.05) is 23.1 Å². The van der Waals surface area contributed by atoms with Gasteiger partial charge in [-0.25, -0.2) is 0 Å². The molecule has 1 aliphatic carbocycles. The highest BCUT2D eigenvalue weighted by molar-refractivity contribution is 6.30. The SMILES string of the molecule is CC(c1ccc(Cl)cc1)N(C)C1(CN)CCCCC1C. The lowest BCUT2D eigenvalue weighted by molar-refractivity contribution is 0.00650. The Morgan fingerprint density at radius 3 is 2.55 bits per heavy atom. The third-order valence-electron chi connectivity index (χ3n) is 5.40. The molecule has 0 amide bonds. The summed E-state index contributed by atoms with van der Waals surface area (Å²) in [6, 6.07) is 8.56. The Hall–Kier alpha value is -0.570. The molecule has 1 saturated carbocycles. The first kappa shape index (κ1) is 15.8. The molecule has 0 bridgehead atoms. The summed E-state index contributed by atoms with van der Waals surface area (Å²) in [6.45, 7) is 5.36. The van der Waals surface area contributed by atoms with Crippen LogP contribution in [-0.2, 0) is 0 Å². The molecule has 0 aliphatic heterocycles. The molecule has 1 aromatic carbocycles. The molecule has 1 fully saturated rings. The van der Waals surface area contributed by atoms with Crippen molar-refractivity contribution < 1.29 is 0 Å². The number of nitrogens with zero attached hydrogens (tertiary/aromatic N) is 1. The Morgan fingerprint density at radius 1 is 1.35 bits per heavy atom. The van der Waals surface area contributed by atoms with Gasteiger partial charge in [-0.15, -0.1) is 0 Å². The van der Waals surface area contributed by atoms with E-state index in [1.54, 1.807) is 0 Å². The van der Waals surface area contributed by atoms with E-state index in [4.69, 9.17) is 17.3 Å². The van der Waals surface area contributed by atoms with Gasteiger partial charge in [-0.1, -0.05) is 43.5 Å². The molecule has 0 aromatic heterocycles. The second-order valence-corrected chi connectivity index (χ2v) is 6.73. The molecule has 3 unspecified atom stereocenters. The second-order valence-electron chi connectivity index (χ2n) is 6.29. The highest BCUT2D eigenvalue weighted by atomic mass is 35.5. The molecule has 0 spiro atoms. The zero-order chi connectivity index (χ0) is 14.8.